The molecule has 1 aromatic rings. The topological polar surface area (TPSA) is 95.9 Å². The van der Waals surface area contributed by atoms with E-state index in [4.69, 9.17) is 24.5 Å². The maximum absolute atomic E-state index is 9.10. The van der Waals surface area contributed by atoms with Gasteiger partial charge in [-0.15, -0.1) is 0 Å². The van der Waals surface area contributed by atoms with Crippen molar-refractivity contribution in [1.29, 1.82) is 0 Å². The molecular weight excluding hydrogens is 322 g/mol. The van der Waals surface area contributed by atoms with Gasteiger partial charge in [0.25, 0.3) is 0 Å². The van der Waals surface area contributed by atoms with Crippen molar-refractivity contribution in [3.8, 4) is 5.75 Å². The maximum atomic E-state index is 9.10. The Morgan fingerprint density at radius 2 is 1.72 bits per heavy atom. The van der Waals surface area contributed by atoms with Crippen LogP contribution in [0, 0.1) is 0 Å². The molecule has 1 unspecified atom stereocenters. The first kappa shape index (κ1) is 22.9. The third-order valence-corrected chi connectivity index (χ3v) is 3.48. The Balaban J connectivity index is 0.000000823. The summed E-state index contributed by atoms with van der Waals surface area (Å²) in [5, 5.41) is 18.3. The predicted molar refractivity (Wildman–Crippen MR) is 98.3 cm³/mol. The van der Waals surface area contributed by atoms with Gasteiger partial charge in [-0.3, -0.25) is 0 Å². The number of carboxylic acid groups (broad SMARTS) is 2. The van der Waals surface area contributed by atoms with Gasteiger partial charge in [-0.25, -0.2) is 9.59 Å². The van der Waals surface area contributed by atoms with E-state index in [9.17, 15) is 0 Å². The van der Waals surface area contributed by atoms with E-state index in [-0.39, 0.29) is 5.54 Å². The smallest absolute Gasteiger partial charge is 0.414 e. The Kier molecular flexibility index (Phi) is 10.5. The van der Waals surface area contributed by atoms with Gasteiger partial charge in [0, 0.05) is 5.54 Å². The first-order chi connectivity index (χ1) is 11.6. The van der Waals surface area contributed by atoms with Crippen molar-refractivity contribution in [2.24, 2.45) is 0 Å². The lowest BCUT2D eigenvalue weighted by Crippen LogP contribution is -2.36. The molecule has 0 aromatic heterocycles. The van der Waals surface area contributed by atoms with Crippen LogP contribution in [-0.4, -0.2) is 40.8 Å². The predicted octanol–water partition coefficient (Wildman–Crippen LogP) is 3.51. The number of carboxylic acids is 2. The van der Waals surface area contributed by atoms with E-state index in [0.717, 1.165) is 31.7 Å². The minimum absolute atomic E-state index is 0.189. The second-order valence-electron chi connectivity index (χ2n) is 6.84. The molecule has 142 valence electrons. The highest BCUT2D eigenvalue weighted by Gasteiger charge is 2.10. The Morgan fingerprint density at radius 3 is 2.20 bits per heavy atom. The zero-order chi connectivity index (χ0) is 19.5. The zero-order valence-electron chi connectivity index (χ0n) is 15.8. The van der Waals surface area contributed by atoms with Crippen molar-refractivity contribution >= 4 is 11.9 Å². The first-order valence-electron chi connectivity index (χ1n) is 8.51. The fraction of sp³-hybridized carbons (Fsp3) is 0.579. The molecular formula is C19H31NO5. The van der Waals surface area contributed by atoms with Gasteiger partial charge in [0.05, 0.1) is 6.61 Å². The van der Waals surface area contributed by atoms with Crippen LogP contribution in [0.25, 0.3) is 0 Å². The number of rotatable bonds is 7. The van der Waals surface area contributed by atoms with Crippen LogP contribution in [0.3, 0.4) is 0 Å². The molecule has 0 fully saturated rings. The van der Waals surface area contributed by atoms with Crippen molar-refractivity contribution in [2.75, 3.05) is 13.2 Å². The molecule has 6 nitrogen and oxygen atoms in total. The lowest BCUT2D eigenvalue weighted by Gasteiger charge is -2.21. The molecule has 0 aliphatic heterocycles. The molecule has 25 heavy (non-hydrogen) atoms. The quantitative estimate of drug-likeness (QED) is 0.513. The van der Waals surface area contributed by atoms with E-state index in [2.05, 4.69) is 64.2 Å². The molecule has 1 rings (SSSR count). The molecule has 0 saturated carbocycles. The fourth-order valence-electron chi connectivity index (χ4n) is 1.96. The highest BCUT2D eigenvalue weighted by Crippen LogP contribution is 2.28. The van der Waals surface area contributed by atoms with Crippen LogP contribution < -0.4 is 10.1 Å². The minimum Gasteiger partial charge on any atom is -0.493 e. The Bertz CT molecular complexity index is 525. The molecule has 1 atom stereocenters. The monoisotopic (exact) mass is 353 g/mol. The second-order valence-corrected chi connectivity index (χ2v) is 6.84. The molecule has 0 spiro atoms. The van der Waals surface area contributed by atoms with Crippen LogP contribution in [-0.2, 0) is 9.59 Å². The van der Waals surface area contributed by atoms with E-state index in [0.29, 0.717) is 5.92 Å². The molecule has 3 N–H and O–H groups in total. The molecule has 1 aromatic carbocycles. The van der Waals surface area contributed by atoms with Crippen LogP contribution in [0.15, 0.2) is 24.3 Å². The largest absolute Gasteiger partial charge is 0.493 e. The molecule has 0 heterocycles. The average molecular weight is 353 g/mol. The summed E-state index contributed by atoms with van der Waals surface area (Å²) in [6.45, 7) is 12.8. The Hall–Kier alpha value is -2.08. The molecule has 0 amide bonds. The van der Waals surface area contributed by atoms with Gasteiger partial charge < -0.3 is 20.3 Å². The number of ether oxygens (including phenoxy) is 1. The summed E-state index contributed by atoms with van der Waals surface area (Å²) in [5.74, 6) is -2.04. The van der Waals surface area contributed by atoms with Gasteiger partial charge in [-0.05, 0) is 57.7 Å². The summed E-state index contributed by atoms with van der Waals surface area (Å²) < 4.78 is 5.93. The Morgan fingerprint density at radius 1 is 1.16 bits per heavy atom. The van der Waals surface area contributed by atoms with Crippen molar-refractivity contribution < 1.29 is 24.5 Å². The van der Waals surface area contributed by atoms with Crippen molar-refractivity contribution in [3.05, 3.63) is 29.8 Å². The van der Waals surface area contributed by atoms with Crippen molar-refractivity contribution in [2.45, 2.75) is 58.9 Å². The normalized spacial score (nSPS) is 11.9. The summed E-state index contributed by atoms with van der Waals surface area (Å²) in [4.78, 5) is 18.2. The van der Waals surface area contributed by atoms with Gasteiger partial charge in [-0.1, -0.05) is 32.0 Å². The summed E-state index contributed by atoms with van der Waals surface area (Å²) >= 11 is 0. The number of hydrogen-bond donors (Lipinski definition) is 3. The van der Waals surface area contributed by atoms with Crippen molar-refractivity contribution in [3.63, 3.8) is 0 Å². The molecule has 0 radical (unpaired) electrons. The highest BCUT2D eigenvalue weighted by atomic mass is 16.5. The maximum Gasteiger partial charge on any atom is 0.414 e. The van der Waals surface area contributed by atoms with Crippen LogP contribution in [0.1, 0.15) is 58.9 Å². The number of hydrogen-bond acceptors (Lipinski definition) is 4. The summed E-state index contributed by atoms with van der Waals surface area (Å²) in [7, 11) is 0. The lowest BCUT2D eigenvalue weighted by atomic mass is 9.98. The van der Waals surface area contributed by atoms with Crippen LogP contribution in [0.5, 0.6) is 5.75 Å². The number of para-hydroxylation sites is 1. The van der Waals surface area contributed by atoms with Gasteiger partial charge in [0.1, 0.15) is 5.75 Å². The zero-order valence-corrected chi connectivity index (χ0v) is 15.8. The van der Waals surface area contributed by atoms with Crippen LogP contribution in [0.2, 0.25) is 0 Å². The molecule has 0 aliphatic rings. The third-order valence-electron chi connectivity index (χ3n) is 3.48. The van der Waals surface area contributed by atoms with E-state index in [1.807, 2.05) is 0 Å². The Labute approximate surface area is 150 Å². The summed E-state index contributed by atoms with van der Waals surface area (Å²) in [6.07, 6.45) is 2.18. The third kappa shape index (κ3) is 11.2. The van der Waals surface area contributed by atoms with Gasteiger partial charge in [0.2, 0.25) is 0 Å². The average Bonchev–Trinajstić information content (AvgIpc) is 2.53. The SMILES string of the molecule is CCC(C)c1ccccc1OCCCNC(C)(C)C.O=C(O)C(=O)O. The standard InChI is InChI=1S/C17H29NO.C2H2O4/c1-6-14(2)15-10-7-8-11-16(15)19-13-9-12-18-17(3,4)5;3-1(4)2(5)6/h7-8,10-11,14,18H,6,9,12-13H2,1-5H3;(H,3,4)(H,5,6). The molecule has 0 saturated heterocycles. The molecule has 0 bridgehead atoms. The van der Waals surface area contributed by atoms with Gasteiger partial charge in [0.15, 0.2) is 0 Å². The number of aliphatic carboxylic acids is 2. The number of nitrogens with one attached hydrogen (secondary N) is 1. The van der Waals surface area contributed by atoms with Crippen molar-refractivity contribution in [1.82, 2.24) is 5.32 Å². The van der Waals surface area contributed by atoms with Crippen LogP contribution >= 0.6 is 0 Å². The number of benzene rings is 1. The summed E-state index contributed by atoms with van der Waals surface area (Å²) in [6, 6.07) is 8.40. The van der Waals surface area contributed by atoms with E-state index in [1.54, 1.807) is 0 Å². The lowest BCUT2D eigenvalue weighted by molar-refractivity contribution is -0.159. The molecule has 0 aliphatic carbocycles. The minimum atomic E-state index is -1.82. The highest BCUT2D eigenvalue weighted by molar-refractivity contribution is 6.27. The van der Waals surface area contributed by atoms with Crippen LogP contribution in [0.4, 0.5) is 0 Å². The first-order valence-corrected chi connectivity index (χ1v) is 8.51. The van der Waals surface area contributed by atoms with E-state index >= 15 is 0 Å². The van der Waals surface area contributed by atoms with Gasteiger partial charge in [-0.2, -0.15) is 0 Å². The van der Waals surface area contributed by atoms with E-state index in [1.165, 1.54) is 5.56 Å². The summed E-state index contributed by atoms with van der Waals surface area (Å²) in [5.41, 5.74) is 1.52. The molecule has 6 heteroatoms. The van der Waals surface area contributed by atoms with E-state index < -0.39 is 11.9 Å². The number of carbonyl (C=O) groups is 2. The fourth-order valence-corrected chi connectivity index (χ4v) is 1.96. The second kappa shape index (κ2) is 11.5. The van der Waals surface area contributed by atoms with Gasteiger partial charge >= 0.3 is 11.9 Å².